The first-order valence-electron chi connectivity index (χ1n) is 7.83. The molecular weight excluding hydrogens is 319 g/mol. The van der Waals surface area contributed by atoms with Gasteiger partial charge in [-0.1, -0.05) is 17.3 Å². The van der Waals surface area contributed by atoms with E-state index in [1.807, 2.05) is 37.3 Å². The molecule has 25 heavy (non-hydrogen) atoms. The van der Waals surface area contributed by atoms with Crippen molar-refractivity contribution in [3.63, 3.8) is 0 Å². The van der Waals surface area contributed by atoms with E-state index in [4.69, 9.17) is 9.26 Å². The number of aromatic nitrogens is 2. The second-order valence-corrected chi connectivity index (χ2v) is 5.74. The molecule has 2 heterocycles. The SMILES string of the molecule is COc1ccc(-c2cc(-c3ccc(F)cc3)nc3onc(C)c23)cc1. The predicted molar refractivity (Wildman–Crippen MR) is 93.9 cm³/mol. The minimum atomic E-state index is -0.282. The van der Waals surface area contributed by atoms with Crippen molar-refractivity contribution in [2.24, 2.45) is 0 Å². The van der Waals surface area contributed by atoms with E-state index in [1.54, 1.807) is 19.2 Å². The number of ether oxygens (including phenoxy) is 1. The zero-order valence-electron chi connectivity index (χ0n) is 13.8. The van der Waals surface area contributed by atoms with E-state index in [2.05, 4.69) is 10.1 Å². The molecule has 4 aromatic rings. The van der Waals surface area contributed by atoms with Crippen molar-refractivity contribution in [3.05, 3.63) is 66.1 Å². The molecule has 0 aliphatic carbocycles. The van der Waals surface area contributed by atoms with Crippen LogP contribution in [0.25, 0.3) is 33.5 Å². The molecule has 124 valence electrons. The molecule has 0 amide bonds. The highest BCUT2D eigenvalue weighted by molar-refractivity contribution is 5.95. The molecule has 0 unspecified atom stereocenters. The van der Waals surface area contributed by atoms with Gasteiger partial charge in [-0.3, -0.25) is 0 Å². The molecule has 0 N–H and O–H groups in total. The van der Waals surface area contributed by atoms with E-state index in [0.717, 1.165) is 33.5 Å². The number of methoxy groups -OCH3 is 1. The van der Waals surface area contributed by atoms with Gasteiger partial charge in [-0.25, -0.2) is 9.37 Å². The van der Waals surface area contributed by atoms with Gasteiger partial charge in [0.25, 0.3) is 5.71 Å². The Kier molecular flexibility index (Phi) is 3.69. The summed E-state index contributed by atoms with van der Waals surface area (Å²) in [4.78, 5) is 4.54. The maximum absolute atomic E-state index is 13.2. The van der Waals surface area contributed by atoms with Crippen LogP contribution in [-0.2, 0) is 0 Å². The Morgan fingerprint density at radius 3 is 2.32 bits per heavy atom. The fourth-order valence-corrected chi connectivity index (χ4v) is 2.86. The molecule has 2 aromatic carbocycles. The molecule has 0 saturated carbocycles. The van der Waals surface area contributed by atoms with Crippen LogP contribution < -0.4 is 4.74 Å². The molecular formula is C20H15FN2O2. The van der Waals surface area contributed by atoms with Gasteiger partial charge in [0.1, 0.15) is 11.6 Å². The lowest BCUT2D eigenvalue weighted by molar-refractivity contribution is 0.415. The van der Waals surface area contributed by atoms with Crippen LogP contribution in [-0.4, -0.2) is 17.3 Å². The minimum absolute atomic E-state index is 0.282. The number of fused-ring (bicyclic) bond motifs is 1. The van der Waals surface area contributed by atoms with Crippen molar-refractivity contribution in [2.45, 2.75) is 6.92 Å². The lowest BCUT2D eigenvalue weighted by atomic mass is 9.99. The molecule has 4 nitrogen and oxygen atoms in total. The highest BCUT2D eigenvalue weighted by Gasteiger charge is 2.15. The number of rotatable bonds is 3. The van der Waals surface area contributed by atoms with E-state index in [1.165, 1.54) is 12.1 Å². The van der Waals surface area contributed by atoms with Crippen LogP contribution in [0.15, 0.2) is 59.1 Å². The van der Waals surface area contributed by atoms with E-state index in [9.17, 15) is 4.39 Å². The van der Waals surface area contributed by atoms with Crippen molar-refractivity contribution in [3.8, 4) is 28.1 Å². The molecule has 0 saturated heterocycles. The Labute approximate surface area is 143 Å². The van der Waals surface area contributed by atoms with Crippen LogP contribution in [0.1, 0.15) is 5.69 Å². The summed E-state index contributed by atoms with van der Waals surface area (Å²) in [7, 11) is 1.64. The number of benzene rings is 2. The van der Waals surface area contributed by atoms with Gasteiger partial charge in [0.2, 0.25) is 0 Å². The topological polar surface area (TPSA) is 48.2 Å². The smallest absolute Gasteiger partial charge is 0.259 e. The molecule has 5 heteroatoms. The summed E-state index contributed by atoms with van der Waals surface area (Å²) in [6.07, 6.45) is 0. The van der Waals surface area contributed by atoms with Crippen molar-refractivity contribution in [1.82, 2.24) is 10.1 Å². The summed E-state index contributed by atoms with van der Waals surface area (Å²) in [6, 6.07) is 16.0. The Bertz CT molecular complexity index is 1040. The Morgan fingerprint density at radius 2 is 1.64 bits per heavy atom. The molecule has 0 fully saturated rings. The zero-order chi connectivity index (χ0) is 17.4. The fourth-order valence-electron chi connectivity index (χ4n) is 2.86. The Balaban J connectivity index is 1.94. The monoisotopic (exact) mass is 334 g/mol. The van der Waals surface area contributed by atoms with Gasteiger partial charge >= 0.3 is 0 Å². The third kappa shape index (κ3) is 2.74. The van der Waals surface area contributed by atoms with Gasteiger partial charge in [-0.2, -0.15) is 0 Å². The van der Waals surface area contributed by atoms with Gasteiger partial charge in [0, 0.05) is 5.56 Å². The minimum Gasteiger partial charge on any atom is -0.497 e. The standard InChI is InChI=1S/C20H15FN2O2/c1-12-19-17(13-5-9-16(24-2)10-6-13)11-18(22-20(19)25-23-12)14-3-7-15(21)8-4-14/h3-11H,1-2H3. The van der Waals surface area contributed by atoms with Crippen LogP contribution in [0.3, 0.4) is 0 Å². The molecule has 0 bridgehead atoms. The third-order valence-electron chi connectivity index (χ3n) is 4.16. The van der Waals surface area contributed by atoms with E-state index in [0.29, 0.717) is 11.4 Å². The second-order valence-electron chi connectivity index (χ2n) is 5.74. The summed E-state index contributed by atoms with van der Waals surface area (Å²) in [5, 5.41) is 4.91. The Hall–Kier alpha value is -3.21. The first-order chi connectivity index (χ1) is 12.2. The number of aryl methyl sites for hydroxylation is 1. The zero-order valence-corrected chi connectivity index (χ0v) is 13.8. The summed E-state index contributed by atoms with van der Waals surface area (Å²) in [5.41, 5.74) is 4.72. The highest BCUT2D eigenvalue weighted by Crippen LogP contribution is 2.34. The molecule has 0 aliphatic rings. The highest BCUT2D eigenvalue weighted by atomic mass is 19.1. The lowest BCUT2D eigenvalue weighted by Crippen LogP contribution is -1.90. The van der Waals surface area contributed by atoms with Crippen LogP contribution in [0.2, 0.25) is 0 Å². The van der Waals surface area contributed by atoms with E-state index < -0.39 is 0 Å². The maximum Gasteiger partial charge on any atom is 0.259 e. The van der Waals surface area contributed by atoms with E-state index in [-0.39, 0.29) is 5.82 Å². The Morgan fingerprint density at radius 1 is 0.960 bits per heavy atom. The molecule has 4 rings (SSSR count). The van der Waals surface area contributed by atoms with Gasteiger partial charge in [-0.05, 0) is 60.5 Å². The molecule has 0 radical (unpaired) electrons. The van der Waals surface area contributed by atoms with Crippen molar-refractivity contribution in [1.29, 1.82) is 0 Å². The number of hydrogen-bond donors (Lipinski definition) is 0. The normalized spacial score (nSPS) is 11.0. The van der Waals surface area contributed by atoms with Crippen molar-refractivity contribution >= 4 is 11.1 Å². The number of hydrogen-bond acceptors (Lipinski definition) is 4. The summed E-state index contributed by atoms with van der Waals surface area (Å²) >= 11 is 0. The predicted octanol–water partition coefficient (Wildman–Crippen LogP) is 5.01. The summed E-state index contributed by atoms with van der Waals surface area (Å²) < 4.78 is 23.8. The average molecular weight is 334 g/mol. The number of halogens is 1. The second kappa shape index (κ2) is 6.02. The first-order valence-corrected chi connectivity index (χ1v) is 7.83. The van der Waals surface area contributed by atoms with Crippen LogP contribution in [0.5, 0.6) is 5.75 Å². The third-order valence-corrected chi connectivity index (χ3v) is 4.16. The summed E-state index contributed by atoms with van der Waals surface area (Å²) in [6.45, 7) is 1.89. The largest absolute Gasteiger partial charge is 0.497 e. The van der Waals surface area contributed by atoms with Gasteiger partial charge in [0.15, 0.2) is 0 Å². The van der Waals surface area contributed by atoms with Crippen LogP contribution in [0.4, 0.5) is 4.39 Å². The van der Waals surface area contributed by atoms with Crippen LogP contribution >= 0.6 is 0 Å². The lowest BCUT2D eigenvalue weighted by Gasteiger charge is -2.08. The number of pyridine rings is 1. The van der Waals surface area contributed by atoms with E-state index >= 15 is 0 Å². The van der Waals surface area contributed by atoms with Crippen LogP contribution in [0, 0.1) is 12.7 Å². The van der Waals surface area contributed by atoms with Gasteiger partial charge < -0.3 is 9.26 Å². The molecule has 0 aliphatic heterocycles. The van der Waals surface area contributed by atoms with Gasteiger partial charge in [-0.15, -0.1) is 0 Å². The summed E-state index contributed by atoms with van der Waals surface area (Å²) in [5.74, 6) is 0.505. The molecule has 0 atom stereocenters. The quantitative estimate of drug-likeness (QED) is 0.528. The maximum atomic E-state index is 13.2. The van der Waals surface area contributed by atoms with Gasteiger partial charge in [0.05, 0.1) is 23.9 Å². The number of nitrogens with zero attached hydrogens (tertiary/aromatic N) is 2. The molecule has 0 spiro atoms. The average Bonchev–Trinajstić information content (AvgIpc) is 3.03. The fraction of sp³-hybridized carbons (Fsp3) is 0.100. The van der Waals surface area contributed by atoms with Crippen molar-refractivity contribution in [2.75, 3.05) is 7.11 Å². The molecule has 2 aromatic heterocycles. The first kappa shape index (κ1) is 15.3. The van der Waals surface area contributed by atoms with Crippen molar-refractivity contribution < 1.29 is 13.7 Å².